The third-order valence-corrected chi connectivity index (χ3v) is 1.65. The Morgan fingerprint density at radius 1 is 1.58 bits per heavy atom. The van der Waals surface area contributed by atoms with Gasteiger partial charge in [0.1, 0.15) is 6.04 Å². The lowest BCUT2D eigenvalue weighted by molar-refractivity contribution is -0.142. The van der Waals surface area contributed by atoms with Crippen LogP contribution in [0.4, 0.5) is 0 Å². The Balaban J connectivity index is 4.04. The van der Waals surface area contributed by atoms with Crippen molar-refractivity contribution in [3.63, 3.8) is 0 Å². The van der Waals surface area contributed by atoms with Crippen molar-refractivity contribution in [2.45, 2.75) is 32.4 Å². The molecule has 0 aliphatic rings. The van der Waals surface area contributed by atoms with E-state index in [2.05, 4.69) is 0 Å². The summed E-state index contributed by atoms with van der Waals surface area (Å²) in [5.74, 6) is -0.873. The first-order valence-corrected chi connectivity index (χ1v) is 3.89. The molecule has 0 aliphatic heterocycles. The van der Waals surface area contributed by atoms with Crippen LogP contribution in [0.25, 0.3) is 0 Å². The number of carboxylic acids is 1. The van der Waals surface area contributed by atoms with Gasteiger partial charge in [-0.2, -0.15) is 0 Å². The van der Waals surface area contributed by atoms with Gasteiger partial charge < -0.3 is 10.2 Å². The number of hydrogen-bond donors (Lipinski definition) is 2. The Hall–Kier alpha value is -0.610. The quantitative estimate of drug-likeness (QED) is 0.639. The zero-order valence-corrected chi connectivity index (χ0v) is 8.03. The molecule has 0 amide bonds. The average molecular weight is 175 g/mol. The molecule has 0 aliphatic carbocycles. The van der Waals surface area contributed by atoms with E-state index in [4.69, 9.17) is 5.11 Å². The van der Waals surface area contributed by atoms with E-state index in [1.54, 1.807) is 32.7 Å². The second kappa shape index (κ2) is 3.87. The summed E-state index contributed by atoms with van der Waals surface area (Å²) >= 11 is 0. The largest absolute Gasteiger partial charge is 0.480 e. The van der Waals surface area contributed by atoms with Crippen molar-refractivity contribution in [3.05, 3.63) is 0 Å². The van der Waals surface area contributed by atoms with Crippen molar-refractivity contribution in [1.29, 1.82) is 0 Å². The molecule has 0 aromatic heterocycles. The van der Waals surface area contributed by atoms with Gasteiger partial charge in [0.05, 0.1) is 5.60 Å². The van der Waals surface area contributed by atoms with Crippen LogP contribution in [-0.2, 0) is 4.79 Å². The van der Waals surface area contributed by atoms with Crippen LogP contribution in [-0.4, -0.2) is 46.3 Å². The highest BCUT2D eigenvalue weighted by Crippen LogP contribution is 2.05. The van der Waals surface area contributed by atoms with Gasteiger partial charge in [-0.25, -0.2) is 0 Å². The van der Waals surface area contributed by atoms with E-state index >= 15 is 0 Å². The molecule has 12 heavy (non-hydrogen) atoms. The number of aliphatic hydroxyl groups is 1. The molecule has 1 atom stereocenters. The molecule has 4 heteroatoms. The Morgan fingerprint density at radius 3 is 2.25 bits per heavy atom. The number of carboxylic acid groups (broad SMARTS) is 1. The standard InChI is InChI=1S/C8H17NO3/c1-6(7(10)11)9(4)5-8(2,3)12/h6,12H,5H2,1-4H3,(H,10,11). The molecule has 1 unspecified atom stereocenters. The fraction of sp³-hybridized carbons (Fsp3) is 0.875. The van der Waals surface area contributed by atoms with Crippen molar-refractivity contribution in [1.82, 2.24) is 4.90 Å². The summed E-state index contributed by atoms with van der Waals surface area (Å²) in [4.78, 5) is 12.1. The molecule has 0 saturated carbocycles. The normalized spacial score (nSPS) is 14.8. The number of rotatable bonds is 4. The van der Waals surface area contributed by atoms with Gasteiger partial charge in [0.2, 0.25) is 0 Å². The van der Waals surface area contributed by atoms with Crippen LogP contribution in [0.2, 0.25) is 0 Å². The van der Waals surface area contributed by atoms with Gasteiger partial charge in [-0.3, -0.25) is 9.69 Å². The first kappa shape index (κ1) is 11.4. The van der Waals surface area contributed by atoms with E-state index in [1.807, 2.05) is 0 Å². The van der Waals surface area contributed by atoms with Gasteiger partial charge in [-0.15, -0.1) is 0 Å². The monoisotopic (exact) mass is 175 g/mol. The Kier molecular flexibility index (Phi) is 3.67. The molecule has 0 bridgehead atoms. The Labute approximate surface area is 72.8 Å². The van der Waals surface area contributed by atoms with Gasteiger partial charge in [0.25, 0.3) is 0 Å². The summed E-state index contributed by atoms with van der Waals surface area (Å²) in [5, 5.41) is 18.0. The van der Waals surface area contributed by atoms with Crippen LogP contribution in [0.3, 0.4) is 0 Å². The summed E-state index contributed by atoms with van der Waals surface area (Å²) in [6.45, 7) is 5.24. The van der Waals surface area contributed by atoms with E-state index in [0.717, 1.165) is 0 Å². The third kappa shape index (κ3) is 4.31. The topological polar surface area (TPSA) is 60.8 Å². The highest BCUT2D eigenvalue weighted by Gasteiger charge is 2.22. The minimum atomic E-state index is -0.873. The summed E-state index contributed by atoms with van der Waals surface area (Å²) in [7, 11) is 1.68. The van der Waals surface area contributed by atoms with E-state index in [0.29, 0.717) is 6.54 Å². The molecule has 0 saturated heterocycles. The molecule has 0 fully saturated rings. The Morgan fingerprint density at radius 2 is 2.00 bits per heavy atom. The minimum absolute atomic E-state index is 0.348. The van der Waals surface area contributed by atoms with Crippen molar-refractivity contribution in [3.8, 4) is 0 Å². The molecule has 4 nitrogen and oxygen atoms in total. The lowest BCUT2D eigenvalue weighted by atomic mass is 10.1. The van der Waals surface area contributed by atoms with E-state index < -0.39 is 17.6 Å². The highest BCUT2D eigenvalue weighted by molar-refractivity contribution is 5.72. The van der Waals surface area contributed by atoms with Crippen LogP contribution in [0.15, 0.2) is 0 Å². The molecule has 0 spiro atoms. The van der Waals surface area contributed by atoms with Crippen LogP contribution >= 0.6 is 0 Å². The fourth-order valence-electron chi connectivity index (χ4n) is 0.936. The van der Waals surface area contributed by atoms with Crippen LogP contribution in [0.5, 0.6) is 0 Å². The van der Waals surface area contributed by atoms with Crippen molar-refractivity contribution < 1.29 is 15.0 Å². The zero-order valence-electron chi connectivity index (χ0n) is 8.03. The van der Waals surface area contributed by atoms with Crippen LogP contribution < -0.4 is 0 Å². The lowest BCUT2D eigenvalue weighted by Gasteiger charge is -2.27. The third-order valence-electron chi connectivity index (χ3n) is 1.65. The fourth-order valence-corrected chi connectivity index (χ4v) is 0.936. The second-order valence-corrected chi connectivity index (χ2v) is 3.74. The summed E-state index contributed by atoms with van der Waals surface area (Å²) in [5.41, 5.74) is -0.849. The van der Waals surface area contributed by atoms with Crippen molar-refractivity contribution >= 4 is 5.97 Å². The Bertz CT molecular complexity index is 162. The van der Waals surface area contributed by atoms with Crippen LogP contribution in [0, 0.1) is 0 Å². The van der Waals surface area contributed by atoms with E-state index in [1.165, 1.54) is 0 Å². The molecule has 0 aromatic carbocycles. The maximum Gasteiger partial charge on any atom is 0.320 e. The van der Waals surface area contributed by atoms with Gasteiger partial charge in [0.15, 0.2) is 0 Å². The number of carbonyl (C=O) groups is 1. The first-order valence-electron chi connectivity index (χ1n) is 3.89. The molecular weight excluding hydrogens is 158 g/mol. The average Bonchev–Trinajstić information content (AvgIpc) is 1.82. The number of nitrogens with zero attached hydrogens (tertiary/aromatic N) is 1. The number of likely N-dealkylation sites (N-methyl/N-ethyl adjacent to an activating group) is 1. The highest BCUT2D eigenvalue weighted by atomic mass is 16.4. The predicted octanol–water partition coefficient (Wildman–Crippen LogP) is 0.162. The van der Waals surface area contributed by atoms with Crippen LogP contribution in [0.1, 0.15) is 20.8 Å². The second-order valence-electron chi connectivity index (χ2n) is 3.74. The molecule has 0 heterocycles. The molecule has 2 N–H and O–H groups in total. The number of hydrogen-bond acceptors (Lipinski definition) is 3. The lowest BCUT2D eigenvalue weighted by Crippen LogP contribution is -2.44. The van der Waals surface area contributed by atoms with Crippen molar-refractivity contribution in [2.24, 2.45) is 0 Å². The zero-order chi connectivity index (χ0) is 9.94. The smallest absolute Gasteiger partial charge is 0.320 e. The van der Waals surface area contributed by atoms with Gasteiger partial charge in [0, 0.05) is 6.54 Å². The molecule has 0 aromatic rings. The first-order chi connectivity index (χ1) is 5.24. The molecule has 0 rings (SSSR count). The molecular formula is C8H17NO3. The van der Waals surface area contributed by atoms with Gasteiger partial charge in [-0.05, 0) is 27.8 Å². The summed E-state index contributed by atoms with van der Waals surface area (Å²) in [6, 6.07) is -0.559. The van der Waals surface area contributed by atoms with E-state index in [9.17, 15) is 9.90 Å². The maximum atomic E-state index is 10.5. The number of aliphatic carboxylic acids is 1. The molecule has 0 radical (unpaired) electrons. The maximum absolute atomic E-state index is 10.5. The van der Waals surface area contributed by atoms with Gasteiger partial charge in [-0.1, -0.05) is 0 Å². The molecule has 72 valence electrons. The summed E-state index contributed by atoms with van der Waals surface area (Å²) in [6.07, 6.45) is 0. The minimum Gasteiger partial charge on any atom is -0.480 e. The predicted molar refractivity (Wildman–Crippen MR) is 46.0 cm³/mol. The van der Waals surface area contributed by atoms with Gasteiger partial charge >= 0.3 is 5.97 Å². The SMILES string of the molecule is CC(C(=O)O)N(C)CC(C)(C)O. The summed E-state index contributed by atoms with van der Waals surface area (Å²) < 4.78 is 0. The van der Waals surface area contributed by atoms with Crippen molar-refractivity contribution in [2.75, 3.05) is 13.6 Å². The van der Waals surface area contributed by atoms with E-state index in [-0.39, 0.29) is 0 Å².